The quantitative estimate of drug-likeness (QED) is 0.869. The second kappa shape index (κ2) is 6.50. The van der Waals surface area contributed by atoms with Crippen LogP contribution >= 0.6 is 15.9 Å². The zero-order valence-corrected chi connectivity index (χ0v) is 12.3. The van der Waals surface area contributed by atoms with Gasteiger partial charge < -0.3 is 15.3 Å². The largest absolute Gasteiger partial charge is 0.395 e. The van der Waals surface area contributed by atoms with Gasteiger partial charge in [-0.3, -0.25) is 0 Å². The first-order valence-corrected chi connectivity index (χ1v) is 7.21. The lowest BCUT2D eigenvalue weighted by molar-refractivity contribution is 0.300. The molecule has 2 N–H and O–H groups in total. The number of pyridine rings is 1. The zero-order valence-electron chi connectivity index (χ0n) is 10.7. The monoisotopic (exact) mass is 313 g/mol. The van der Waals surface area contributed by atoms with Crippen molar-refractivity contribution in [1.29, 1.82) is 0 Å². The fourth-order valence-electron chi connectivity index (χ4n) is 2.45. The summed E-state index contributed by atoms with van der Waals surface area (Å²) in [5, 5.41) is 12.7. The van der Waals surface area contributed by atoms with Crippen molar-refractivity contribution < 1.29 is 5.11 Å². The smallest absolute Gasteiger partial charge is 0.131 e. The molecule has 4 nitrogen and oxygen atoms in total. The van der Waals surface area contributed by atoms with Gasteiger partial charge in [-0.1, -0.05) is 0 Å². The van der Waals surface area contributed by atoms with Gasteiger partial charge in [-0.15, -0.1) is 0 Å². The molecule has 0 aliphatic carbocycles. The molecular formula is C13H20BrN3O. The molecule has 0 saturated carbocycles. The summed E-state index contributed by atoms with van der Waals surface area (Å²) in [6, 6.07) is 2.58. The molecule has 18 heavy (non-hydrogen) atoms. The summed E-state index contributed by atoms with van der Waals surface area (Å²) in [5.74, 6) is 0.973. The van der Waals surface area contributed by atoms with Crippen LogP contribution in [0.25, 0.3) is 0 Å². The minimum atomic E-state index is 0.157. The third-order valence-electron chi connectivity index (χ3n) is 3.29. The molecule has 0 amide bonds. The van der Waals surface area contributed by atoms with E-state index in [1.54, 1.807) is 0 Å². The van der Waals surface area contributed by atoms with E-state index < -0.39 is 0 Å². The van der Waals surface area contributed by atoms with Gasteiger partial charge in [-0.25, -0.2) is 4.98 Å². The number of nitrogens with zero attached hydrogens (tertiary/aromatic N) is 2. The maximum Gasteiger partial charge on any atom is 0.131 e. The predicted octanol–water partition coefficient (Wildman–Crippen LogP) is 1.70. The lowest BCUT2D eigenvalue weighted by atomic mass is 10.2. The van der Waals surface area contributed by atoms with Gasteiger partial charge in [0, 0.05) is 29.8 Å². The Morgan fingerprint density at radius 3 is 3.06 bits per heavy atom. The third-order valence-corrected chi connectivity index (χ3v) is 3.72. The highest BCUT2D eigenvalue weighted by atomic mass is 79.9. The standard InChI is InChI=1S/C13H20BrN3O/c1-10-7-11(14)8-16-13(10)17(5-6-18)9-12-3-2-4-15-12/h7-8,12,15,18H,2-6,9H2,1H3. The SMILES string of the molecule is Cc1cc(Br)cnc1N(CCO)CC1CCCN1. The van der Waals surface area contributed by atoms with E-state index in [9.17, 15) is 5.11 Å². The summed E-state index contributed by atoms with van der Waals surface area (Å²) < 4.78 is 0.992. The van der Waals surface area contributed by atoms with E-state index in [2.05, 4.69) is 44.1 Å². The molecule has 5 heteroatoms. The number of nitrogens with one attached hydrogen (secondary N) is 1. The van der Waals surface area contributed by atoms with Crippen molar-refractivity contribution in [1.82, 2.24) is 10.3 Å². The van der Waals surface area contributed by atoms with Gasteiger partial charge in [0.2, 0.25) is 0 Å². The Kier molecular flexibility index (Phi) is 4.97. The van der Waals surface area contributed by atoms with E-state index in [0.717, 1.165) is 28.9 Å². The van der Waals surface area contributed by atoms with Crippen LogP contribution < -0.4 is 10.2 Å². The summed E-state index contributed by atoms with van der Waals surface area (Å²) in [6.45, 7) is 4.86. The van der Waals surface area contributed by atoms with Crippen molar-refractivity contribution in [2.75, 3.05) is 31.1 Å². The summed E-state index contributed by atoms with van der Waals surface area (Å²) in [6.07, 6.45) is 4.26. The third kappa shape index (κ3) is 3.43. The fraction of sp³-hybridized carbons (Fsp3) is 0.615. The van der Waals surface area contributed by atoms with Gasteiger partial charge in [-0.05, 0) is 53.9 Å². The molecular weight excluding hydrogens is 294 g/mol. The Balaban J connectivity index is 2.12. The summed E-state index contributed by atoms with van der Waals surface area (Å²) in [7, 11) is 0. The van der Waals surface area contributed by atoms with Gasteiger partial charge in [0.15, 0.2) is 0 Å². The second-order valence-electron chi connectivity index (χ2n) is 4.76. The molecule has 1 fully saturated rings. The van der Waals surface area contributed by atoms with Crippen LogP contribution in [0.1, 0.15) is 18.4 Å². The Hall–Kier alpha value is -0.650. The van der Waals surface area contributed by atoms with Crippen LogP contribution in [-0.4, -0.2) is 42.4 Å². The van der Waals surface area contributed by atoms with Crippen molar-refractivity contribution in [3.8, 4) is 0 Å². The maximum absolute atomic E-state index is 9.22. The van der Waals surface area contributed by atoms with Gasteiger partial charge in [0.05, 0.1) is 6.61 Å². The lowest BCUT2D eigenvalue weighted by Gasteiger charge is -2.27. The van der Waals surface area contributed by atoms with E-state index in [4.69, 9.17) is 0 Å². The van der Waals surface area contributed by atoms with Gasteiger partial charge >= 0.3 is 0 Å². The van der Waals surface area contributed by atoms with Gasteiger partial charge in [-0.2, -0.15) is 0 Å². The highest BCUT2D eigenvalue weighted by molar-refractivity contribution is 9.10. The molecule has 0 spiro atoms. The highest BCUT2D eigenvalue weighted by Gasteiger charge is 2.19. The normalized spacial score (nSPS) is 19.2. The molecule has 1 aromatic heterocycles. The molecule has 0 radical (unpaired) electrons. The average molecular weight is 314 g/mol. The molecule has 100 valence electrons. The number of rotatable bonds is 5. The zero-order chi connectivity index (χ0) is 13.0. The number of anilines is 1. The molecule has 1 aliphatic heterocycles. The number of aryl methyl sites for hydroxylation is 1. The molecule has 1 aliphatic rings. The van der Waals surface area contributed by atoms with Crippen molar-refractivity contribution in [3.05, 3.63) is 22.3 Å². The summed E-state index contributed by atoms with van der Waals surface area (Å²) in [5.41, 5.74) is 1.14. The summed E-state index contributed by atoms with van der Waals surface area (Å²) in [4.78, 5) is 6.65. The molecule has 0 bridgehead atoms. The minimum absolute atomic E-state index is 0.157. The van der Waals surface area contributed by atoms with Crippen LogP contribution in [0.3, 0.4) is 0 Å². The molecule has 1 aromatic rings. The predicted molar refractivity (Wildman–Crippen MR) is 77.0 cm³/mol. The Morgan fingerprint density at radius 2 is 2.44 bits per heavy atom. The molecule has 0 aromatic carbocycles. The summed E-state index contributed by atoms with van der Waals surface area (Å²) >= 11 is 3.43. The number of hydrogen-bond donors (Lipinski definition) is 2. The molecule has 1 unspecified atom stereocenters. The topological polar surface area (TPSA) is 48.4 Å². The van der Waals surface area contributed by atoms with Crippen LogP contribution in [0.5, 0.6) is 0 Å². The van der Waals surface area contributed by atoms with Crippen LogP contribution in [0.2, 0.25) is 0 Å². The molecule has 2 heterocycles. The van der Waals surface area contributed by atoms with Crippen LogP contribution in [0, 0.1) is 6.92 Å². The number of halogens is 1. The lowest BCUT2D eigenvalue weighted by Crippen LogP contribution is -2.39. The van der Waals surface area contributed by atoms with Crippen molar-refractivity contribution in [3.63, 3.8) is 0 Å². The average Bonchev–Trinajstić information content (AvgIpc) is 2.81. The number of aliphatic hydroxyl groups excluding tert-OH is 1. The molecule has 1 atom stereocenters. The van der Waals surface area contributed by atoms with Crippen LogP contribution in [0.4, 0.5) is 5.82 Å². The van der Waals surface area contributed by atoms with E-state index in [0.29, 0.717) is 12.6 Å². The van der Waals surface area contributed by atoms with Crippen LogP contribution in [-0.2, 0) is 0 Å². The van der Waals surface area contributed by atoms with Crippen molar-refractivity contribution >= 4 is 21.7 Å². The van der Waals surface area contributed by atoms with Crippen molar-refractivity contribution in [2.24, 2.45) is 0 Å². The van der Waals surface area contributed by atoms with E-state index in [-0.39, 0.29) is 6.61 Å². The highest BCUT2D eigenvalue weighted by Crippen LogP contribution is 2.21. The second-order valence-corrected chi connectivity index (χ2v) is 5.67. The Morgan fingerprint density at radius 1 is 1.61 bits per heavy atom. The van der Waals surface area contributed by atoms with Gasteiger partial charge in [0.1, 0.15) is 5.82 Å². The first-order valence-electron chi connectivity index (χ1n) is 6.42. The molecule has 1 saturated heterocycles. The van der Waals surface area contributed by atoms with Crippen LogP contribution in [0.15, 0.2) is 16.7 Å². The molecule has 2 rings (SSSR count). The minimum Gasteiger partial charge on any atom is -0.395 e. The van der Waals surface area contributed by atoms with E-state index >= 15 is 0 Å². The number of hydrogen-bond acceptors (Lipinski definition) is 4. The van der Waals surface area contributed by atoms with Crippen molar-refractivity contribution in [2.45, 2.75) is 25.8 Å². The number of aliphatic hydroxyl groups is 1. The van der Waals surface area contributed by atoms with E-state index in [1.165, 1.54) is 12.8 Å². The first-order chi connectivity index (χ1) is 8.70. The Labute approximate surface area is 117 Å². The Bertz CT molecular complexity index is 394. The fourth-order valence-corrected chi connectivity index (χ4v) is 2.89. The number of aromatic nitrogens is 1. The van der Waals surface area contributed by atoms with E-state index in [1.807, 2.05) is 6.20 Å². The maximum atomic E-state index is 9.22. The first kappa shape index (κ1) is 13.8. The van der Waals surface area contributed by atoms with Gasteiger partial charge in [0.25, 0.3) is 0 Å².